The third kappa shape index (κ3) is 5.61. The number of hydrogen-bond donors (Lipinski definition) is 1. The largest absolute Gasteiger partial charge is 0.352 e. The van der Waals surface area contributed by atoms with E-state index in [1.165, 1.54) is 28.8 Å². The maximum atomic E-state index is 14.0. The Labute approximate surface area is 210 Å². The molecule has 1 aromatic heterocycles. The van der Waals surface area contributed by atoms with Crippen LogP contribution in [0.5, 0.6) is 0 Å². The van der Waals surface area contributed by atoms with Crippen LogP contribution in [0.3, 0.4) is 0 Å². The molecule has 0 spiro atoms. The van der Waals surface area contributed by atoms with Crippen LogP contribution in [0.15, 0.2) is 76.7 Å². The van der Waals surface area contributed by atoms with Gasteiger partial charge in [0.15, 0.2) is 10.9 Å². The van der Waals surface area contributed by atoms with Crippen LogP contribution in [0.1, 0.15) is 34.1 Å². The molecule has 9 heteroatoms. The van der Waals surface area contributed by atoms with Crippen LogP contribution in [0.2, 0.25) is 5.02 Å². The van der Waals surface area contributed by atoms with Gasteiger partial charge in [0, 0.05) is 22.7 Å². The molecule has 0 unspecified atom stereocenters. The summed E-state index contributed by atoms with van der Waals surface area (Å²) in [5.41, 5.74) is 0.961. The molecule has 178 valence electrons. The van der Waals surface area contributed by atoms with E-state index in [9.17, 15) is 18.8 Å². The van der Waals surface area contributed by atoms with Gasteiger partial charge in [0.25, 0.3) is 11.5 Å². The first-order valence-corrected chi connectivity index (χ1v) is 12.3. The Hall–Kier alpha value is -3.49. The van der Waals surface area contributed by atoms with Crippen LogP contribution < -0.4 is 10.9 Å². The number of hydrogen-bond acceptors (Lipinski definition) is 5. The summed E-state index contributed by atoms with van der Waals surface area (Å²) in [6, 6.07) is 16.8. The fraction of sp³-hybridized carbons (Fsp3) is 0.154. The minimum absolute atomic E-state index is 0.0235. The number of benzene rings is 3. The molecule has 4 aromatic rings. The molecule has 0 aliphatic rings. The van der Waals surface area contributed by atoms with Crippen molar-refractivity contribution in [3.63, 3.8) is 0 Å². The molecule has 0 saturated heterocycles. The van der Waals surface area contributed by atoms with Gasteiger partial charge in [-0.3, -0.25) is 19.0 Å². The second-order valence-corrected chi connectivity index (χ2v) is 9.10. The molecule has 6 nitrogen and oxygen atoms in total. The summed E-state index contributed by atoms with van der Waals surface area (Å²) in [7, 11) is 0. The van der Waals surface area contributed by atoms with Crippen LogP contribution in [-0.2, 0) is 0 Å². The van der Waals surface area contributed by atoms with Gasteiger partial charge in [0.1, 0.15) is 5.82 Å². The SMILES string of the molecule is CCCNC(=O)c1ccc2c(=O)n(-c3cccc(F)c3)c(SCC(=O)c3cccc(Cl)c3)nc2c1. The zero-order chi connectivity index (χ0) is 24.9. The van der Waals surface area contributed by atoms with E-state index >= 15 is 0 Å². The molecule has 4 rings (SSSR count). The Morgan fingerprint density at radius 1 is 1.06 bits per heavy atom. The van der Waals surface area contributed by atoms with Crippen LogP contribution in [-0.4, -0.2) is 33.5 Å². The van der Waals surface area contributed by atoms with Crippen molar-refractivity contribution in [2.45, 2.75) is 18.5 Å². The van der Waals surface area contributed by atoms with E-state index in [4.69, 9.17) is 11.6 Å². The topological polar surface area (TPSA) is 81.1 Å². The zero-order valence-electron chi connectivity index (χ0n) is 18.8. The molecular formula is C26H21ClFN3O3S. The standard InChI is InChI=1S/C26H21ClFN3O3S/c1-2-11-29-24(33)17-9-10-21-22(13-17)30-26(31(25(21)34)20-8-4-7-19(28)14-20)35-15-23(32)16-5-3-6-18(27)12-16/h3-10,12-14H,2,11,15H2,1H3,(H,29,33). The minimum Gasteiger partial charge on any atom is -0.352 e. The van der Waals surface area contributed by atoms with Crippen molar-refractivity contribution in [1.29, 1.82) is 0 Å². The van der Waals surface area contributed by atoms with Gasteiger partial charge in [-0.2, -0.15) is 0 Å². The summed E-state index contributed by atoms with van der Waals surface area (Å²) in [4.78, 5) is 43.2. The number of amides is 1. The lowest BCUT2D eigenvalue weighted by Gasteiger charge is -2.14. The third-order valence-electron chi connectivity index (χ3n) is 5.18. The van der Waals surface area contributed by atoms with Crippen molar-refractivity contribution in [2.75, 3.05) is 12.3 Å². The minimum atomic E-state index is -0.511. The van der Waals surface area contributed by atoms with Gasteiger partial charge < -0.3 is 5.32 Å². The number of nitrogens with one attached hydrogen (secondary N) is 1. The fourth-order valence-electron chi connectivity index (χ4n) is 3.46. The van der Waals surface area contributed by atoms with Crippen molar-refractivity contribution in [1.82, 2.24) is 14.9 Å². The Balaban J connectivity index is 1.78. The highest BCUT2D eigenvalue weighted by Crippen LogP contribution is 2.24. The highest BCUT2D eigenvalue weighted by Gasteiger charge is 2.17. The van der Waals surface area contributed by atoms with Crippen molar-refractivity contribution < 1.29 is 14.0 Å². The van der Waals surface area contributed by atoms with E-state index in [2.05, 4.69) is 10.3 Å². The molecule has 0 aliphatic carbocycles. The first kappa shape index (κ1) is 24.6. The van der Waals surface area contributed by atoms with Gasteiger partial charge in [-0.1, -0.05) is 48.5 Å². The van der Waals surface area contributed by atoms with Crippen molar-refractivity contribution in [3.05, 3.63) is 99.1 Å². The van der Waals surface area contributed by atoms with E-state index < -0.39 is 11.4 Å². The second kappa shape index (κ2) is 10.8. The van der Waals surface area contributed by atoms with Gasteiger partial charge >= 0.3 is 0 Å². The molecular weight excluding hydrogens is 489 g/mol. The Morgan fingerprint density at radius 2 is 1.86 bits per heavy atom. The lowest BCUT2D eigenvalue weighted by Crippen LogP contribution is -2.25. The number of Topliss-reactive ketones (excluding diaryl/α,β-unsaturated/α-hetero) is 1. The predicted octanol–water partition coefficient (Wildman–Crippen LogP) is 5.29. The molecule has 35 heavy (non-hydrogen) atoms. The lowest BCUT2D eigenvalue weighted by molar-refractivity contribution is 0.0952. The summed E-state index contributed by atoms with van der Waals surface area (Å²) in [5, 5.41) is 3.71. The molecule has 0 atom stereocenters. The number of aromatic nitrogens is 2. The summed E-state index contributed by atoms with van der Waals surface area (Å²) in [6.07, 6.45) is 0.789. The third-order valence-corrected chi connectivity index (χ3v) is 6.36. The number of carbonyl (C=O) groups excluding carboxylic acids is 2. The number of halogens is 2. The molecule has 0 fully saturated rings. The van der Waals surface area contributed by atoms with Gasteiger partial charge in [-0.25, -0.2) is 9.37 Å². The highest BCUT2D eigenvalue weighted by atomic mass is 35.5. The molecule has 0 radical (unpaired) electrons. The first-order valence-electron chi connectivity index (χ1n) is 10.9. The molecule has 0 aliphatic heterocycles. The van der Waals surface area contributed by atoms with E-state index in [-0.39, 0.29) is 33.7 Å². The molecule has 1 N–H and O–H groups in total. The highest BCUT2D eigenvalue weighted by molar-refractivity contribution is 7.99. The average Bonchev–Trinajstić information content (AvgIpc) is 2.85. The molecule has 0 saturated carbocycles. The smallest absolute Gasteiger partial charge is 0.266 e. The van der Waals surface area contributed by atoms with Gasteiger partial charge in [-0.15, -0.1) is 0 Å². The van der Waals surface area contributed by atoms with Gasteiger partial charge in [-0.05, 0) is 55.0 Å². The van der Waals surface area contributed by atoms with E-state index in [0.29, 0.717) is 28.2 Å². The summed E-state index contributed by atoms with van der Waals surface area (Å²) < 4.78 is 15.3. The van der Waals surface area contributed by atoms with E-state index in [1.54, 1.807) is 42.5 Å². The number of ketones is 1. The molecule has 1 amide bonds. The van der Waals surface area contributed by atoms with E-state index in [0.717, 1.165) is 18.2 Å². The maximum Gasteiger partial charge on any atom is 0.266 e. The van der Waals surface area contributed by atoms with Crippen molar-refractivity contribution in [2.24, 2.45) is 0 Å². The molecule has 3 aromatic carbocycles. The first-order chi connectivity index (χ1) is 16.9. The maximum absolute atomic E-state index is 14.0. The normalized spacial score (nSPS) is 10.9. The average molecular weight is 510 g/mol. The molecule has 0 bridgehead atoms. The van der Waals surface area contributed by atoms with Crippen LogP contribution in [0, 0.1) is 5.82 Å². The number of nitrogens with zero attached hydrogens (tertiary/aromatic N) is 2. The lowest BCUT2D eigenvalue weighted by atomic mass is 10.1. The fourth-order valence-corrected chi connectivity index (χ4v) is 4.56. The summed E-state index contributed by atoms with van der Waals surface area (Å²) in [5.74, 6) is -1.01. The van der Waals surface area contributed by atoms with Gasteiger partial charge in [0.05, 0.1) is 22.3 Å². The monoisotopic (exact) mass is 509 g/mol. The van der Waals surface area contributed by atoms with Crippen molar-refractivity contribution >= 4 is 46.0 Å². The van der Waals surface area contributed by atoms with Crippen LogP contribution in [0.4, 0.5) is 4.39 Å². The summed E-state index contributed by atoms with van der Waals surface area (Å²) >= 11 is 7.05. The number of thioether (sulfide) groups is 1. The van der Waals surface area contributed by atoms with Crippen LogP contribution in [0.25, 0.3) is 16.6 Å². The number of rotatable bonds is 8. The second-order valence-electron chi connectivity index (χ2n) is 7.72. The predicted molar refractivity (Wildman–Crippen MR) is 136 cm³/mol. The number of carbonyl (C=O) groups is 2. The van der Waals surface area contributed by atoms with Gasteiger partial charge in [0.2, 0.25) is 0 Å². The Morgan fingerprint density at radius 3 is 2.60 bits per heavy atom. The van der Waals surface area contributed by atoms with Crippen molar-refractivity contribution in [3.8, 4) is 5.69 Å². The van der Waals surface area contributed by atoms with E-state index in [1.807, 2.05) is 6.92 Å². The quantitative estimate of drug-likeness (QED) is 0.198. The zero-order valence-corrected chi connectivity index (χ0v) is 20.3. The van der Waals surface area contributed by atoms with Crippen LogP contribution >= 0.6 is 23.4 Å². The number of fused-ring (bicyclic) bond motifs is 1. The summed E-state index contributed by atoms with van der Waals surface area (Å²) in [6.45, 7) is 2.48. The Bertz CT molecular complexity index is 1490. The molecule has 1 heterocycles. The Kier molecular flexibility index (Phi) is 7.63.